The molecular weight excluding hydrogens is 235 g/mol. The van der Waals surface area contributed by atoms with E-state index in [1.54, 1.807) is 12.1 Å². The minimum absolute atomic E-state index is 0.0444. The summed E-state index contributed by atoms with van der Waals surface area (Å²) < 4.78 is 30.7. The molecule has 0 saturated carbocycles. The van der Waals surface area contributed by atoms with Gasteiger partial charge in [-0.05, 0) is 0 Å². The predicted molar refractivity (Wildman–Crippen MR) is 52.3 cm³/mol. The Morgan fingerprint density at radius 2 is 1.47 bits per heavy atom. The Kier molecular flexibility index (Phi) is 5.84. The molecule has 0 aromatic heterocycles. The second-order valence-electron chi connectivity index (χ2n) is 2.57. The van der Waals surface area contributed by atoms with Crippen molar-refractivity contribution in [1.82, 2.24) is 0 Å². The molecule has 0 aliphatic rings. The topological polar surface area (TPSA) is 112 Å². The molecule has 0 aliphatic carbocycles. The molecular formula is C7H7NaO6S. The Morgan fingerprint density at radius 3 is 1.73 bits per heavy atom. The first kappa shape index (κ1) is 14.4. The quantitative estimate of drug-likeness (QED) is 0.470. The molecule has 0 fully saturated rings. The van der Waals surface area contributed by atoms with Crippen LogP contribution in [0.4, 0.5) is 4.79 Å². The van der Waals surface area contributed by atoms with Gasteiger partial charge in [0.1, 0.15) is 0 Å². The summed E-state index contributed by atoms with van der Waals surface area (Å²) >= 11 is 0.882. The number of benzene rings is 1. The number of hydrogen-bond donors (Lipinski definition) is 3. The summed E-state index contributed by atoms with van der Waals surface area (Å²) in [5, 5.41) is 13.9. The molecule has 3 N–H and O–H groups in total. The first-order valence-corrected chi connectivity index (χ1v) is 6.13. The number of rotatable bonds is 1. The summed E-state index contributed by atoms with van der Waals surface area (Å²) in [4.78, 5) is 8.51. The van der Waals surface area contributed by atoms with E-state index in [1.807, 2.05) is 0 Å². The zero-order valence-corrected chi connectivity index (χ0v) is 10.6. The van der Waals surface area contributed by atoms with Crippen molar-refractivity contribution >= 4 is 47.0 Å². The van der Waals surface area contributed by atoms with Gasteiger partial charge < -0.3 is 10.2 Å². The summed E-state index contributed by atoms with van der Waals surface area (Å²) in [6, 6.07) is 6.18. The Morgan fingerprint density at radius 1 is 1.13 bits per heavy atom. The molecule has 6 nitrogen and oxygen atoms in total. The van der Waals surface area contributed by atoms with Crippen LogP contribution < -0.4 is 2.81 Å². The van der Waals surface area contributed by atoms with E-state index >= 15 is 0 Å². The molecule has 0 heterocycles. The first-order valence-electron chi connectivity index (χ1n) is 3.69. The molecule has 0 spiro atoms. The van der Waals surface area contributed by atoms with E-state index < -0.39 is 16.3 Å². The van der Waals surface area contributed by atoms with E-state index in [0.29, 0.717) is 0 Å². The van der Waals surface area contributed by atoms with Gasteiger partial charge in [-0.1, -0.05) is 0 Å². The maximum atomic E-state index is 10.5. The van der Waals surface area contributed by atoms with Crippen molar-refractivity contribution in [3.05, 3.63) is 24.3 Å². The number of carboxylic acid groups (broad SMARTS) is 2. The van der Waals surface area contributed by atoms with Crippen molar-refractivity contribution in [2.75, 3.05) is 0 Å². The van der Waals surface area contributed by atoms with Crippen LogP contribution in [0.3, 0.4) is 0 Å². The molecule has 0 saturated heterocycles. The van der Waals surface area contributed by atoms with E-state index in [0.717, 1.165) is 30.7 Å². The van der Waals surface area contributed by atoms with Gasteiger partial charge in [-0.2, -0.15) is 0 Å². The van der Waals surface area contributed by atoms with Crippen LogP contribution in [0.5, 0.6) is 0 Å². The van der Waals surface area contributed by atoms with E-state index in [-0.39, 0.29) is 4.90 Å². The molecule has 0 amide bonds. The van der Waals surface area contributed by atoms with Crippen LogP contribution in [0.1, 0.15) is 0 Å². The van der Waals surface area contributed by atoms with Gasteiger partial charge in [-0.25, -0.2) is 4.79 Å². The van der Waals surface area contributed by atoms with Crippen LogP contribution in [0.25, 0.3) is 0 Å². The van der Waals surface area contributed by atoms with Gasteiger partial charge in [-0.3, -0.25) is 0 Å². The predicted octanol–water partition coefficient (Wildman–Crippen LogP) is -0.0505. The van der Waals surface area contributed by atoms with Crippen LogP contribution in [0.2, 0.25) is 0 Å². The van der Waals surface area contributed by atoms with Crippen molar-refractivity contribution in [2.45, 2.75) is 4.90 Å². The molecule has 0 aliphatic heterocycles. The molecule has 1 rings (SSSR count). The minimum atomic E-state index is -4.00. The molecule has 78 valence electrons. The summed E-state index contributed by atoms with van der Waals surface area (Å²) in [6.45, 7) is 0. The van der Waals surface area contributed by atoms with Gasteiger partial charge in [0.05, 0.1) is 0 Å². The molecule has 0 unspecified atom stereocenters. The van der Waals surface area contributed by atoms with Crippen molar-refractivity contribution in [1.29, 1.82) is 0 Å². The van der Waals surface area contributed by atoms with E-state index in [4.69, 9.17) is 19.6 Å². The summed E-state index contributed by atoms with van der Waals surface area (Å²) in [5.41, 5.74) is 0. The Balaban J connectivity index is 0.000000423. The van der Waals surface area contributed by atoms with E-state index in [9.17, 15) is 8.42 Å². The van der Waals surface area contributed by atoms with Crippen molar-refractivity contribution in [2.24, 2.45) is 0 Å². The summed E-state index contributed by atoms with van der Waals surface area (Å²) in [6.07, 6.45) is -1.83. The average molecular weight is 242 g/mol. The monoisotopic (exact) mass is 242 g/mol. The molecule has 15 heavy (non-hydrogen) atoms. The van der Waals surface area contributed by atoms with Crippen LogP contribution in [-0.2, 0) is 10.1 Å². The SMILES string of the molecule is O=C(O)O.O=S(=O)(O)c1cc[c]([Na])cc1. The van der Waals surface area contributed by atoms with Gasteiger partial charge in [0.15, 0.2) is 0 Å². The fraction of sp³-hybridized carbons (Fsp3) is 0. The van der Waals surface area contributed by atoms with Gasteiger partial charge in [-0.15, -0.1) is 0 Å². The van der Waals surface area contributed by atoms with Crippen molar-refractivity contribution in [3.8, 4) is 0 Å². The van der Waals surface area contributed by atoms with E-state index in [2.05, 4.69) is 0 Å². The Hall–Kier alpha value is -0.600. The second-order valence-corrected chi connectivity index (χ2v) is 5.15. The normalized spacial score (nSPS) is 10.1. The second kappa shape index (κ2) is 6.09. The fourth-order valence-corrected chi connectivity index (χ4v) is 1.52. The maximum absolute atomic E-state index is 10.5. The van der Waals surface area contributed by atoms with Gasteiger partial charge in [0.25, 0.3) is 0 Å². The Labute approximate surface area is 104 Å². The van der Waals surface area contributed by atoms with Crippen LogP contribution >= 0.6 is 0 Å². The van der Waals surface area contributed by atoms with Gasteiger partial charge in [0, 0.05) is 0 Å². The zero-order valence-electron chi connectivity index (χ0n) is 7.78. The Bertz CT molecular complexity index is 419. The number of carbonyl (C=O) groups is 1. The summed E-state index contributed by atoms with van der Waals surface area (Å²) in [5.74, 6) is 0. The third-order valence-corrected chi connectivity index (χ3v) is 2.85. The van der Waals surface area contributed by atoms with Crippen LogP contribution in [-0.4, -0.2) is 57.3 Å². The van der Waals surface area contributed by atoms with Crippen molar-refractivity contribution in [3.63, 3.8) is 0 Å². The molecule has 8 heteroatoms. The third kappa shape index (κ3) is 7.34. The molecule has 1 aromatic carbocycles. The van der Waals surface area contributed by atoms with Crippen molar-refractivity contribution < 1.29 is 28.0 Å². The number of hydrogen-bond acceptors (Lipinski definition) is 3. The molecule has 0 atom stereocenters. The van der Waals surface area contributed by atoms with E-state index in [1.165, 1.54) is 12.1 Å². The molecule has 0 radical (unpaired) electrons. The third-order valence-electron chi connectivity index (χ3n) is 1.32. The van der Waals surface area contributed by atoms with Crippen LogP contribution in [0.15, 0.2) is 29.2 Å². The molecule has 0 bridgehead atoms. The fourth-order valence-electron chi connectivity index (χ4n) is 0.710. The summed E-state index contributed by atoms with van der Waals surface area (Å²) in [7, 11) is -4.00. The first-order chi connectivity index (χ1) is 6.73. The van der Waals surface area contributed by atoms with Crippen LogP contribution in [0, 0.1) is 0 Å². The average Bonchev–Trinajstić information content (AvgIpc) is 2.01. The van der Waals surface area contributed by atoms with Gasteiger partial charge in [0.2, 0.25) is 0 Å². The zero-order chi connectivity index (χ0) is 12.1. The van der Waals surface area contributed by atoms with Gasteiger partial charge >= 0.3 is 89.1 Å². The standard InChI is InChI=1S/C6H5O3S.CH2O3.Na/c7-10(8,9)6-4-2-1-3-5-6;2-1(3)4;/h2-5H,(H,7,8,9);(H2,2,3,4);. The molecule has 1 aromatic rings.